The second-order valence-electron chi connectivity index (χ2n) is 8.19. The highest BCUT2D eigenvalue weighted by Gasteiger charge is 2.11. The van der Waals surface area contributed by atoms with Crippen molar-refractivity contribution < 1.29 is 9.90 Å². The quantitative estimate of drug-likeness (QED) is 0.439. The van der Waals surface area contributed by atoms with Crippen LogP contribution in [0.5, 0.6) is 0 Å². The van der Waals surface area contributed by atoms with Gasteiger partial charge in [0.25, 0.3) is 0 Å². The highest BCUT2D eigenvalue weighted by atomic mass is 16.3. The van der Waals surface area contributed by atoms with Gasteiger partial charge >= 0.3 is 0 Å². The molecule has 1 heterocycles. The minimum absolute atomic E-state index is 0.0941. The summed E-state index contributed by atoms with van der Waals surface area (Å²) in [5.41, 5.74) is 3.03. The molecule has 0 spiro atoms. The van der Waals surface area contributed by atoms with Gasteiger partial charge in [0.05, 0.1) is 12.2 Å². The molecule has 1 aromatic heterocycles. The maximum atomic E-state index is 12.4. The molecule has 7 nitrogen and oxygen atoms in total. The molecule has 2 rings (SSSR count). The Morgan fingerprint density at radius 3 is 2.69 bits per heavy atom. The molecule has 7 heteroatoms. The van der Waals surface area contributed by atoms with Crippen molar-refractivity contribution >= 4 is 12.1 Å². The third-order valence-electron chi connectivity index (χ3n) is 5.20. The maximum Gasteiger partial charge on any atom is 0.236 e. The SMILES string of the molecule is CCN(CCN(C)C)C(=O)CNCc1cc(C=NCC(CO)Cc2ccccc2)ccn1. The first-order valence-corrected chi connectivity index (χ1v) is 11.2. The molecular formula is C25H37N5O2. The van der Waals surface area contributed by atoms with E-state index >= 15 is 0 Å². The third-order valence-corrected chi connectivity index (χ3v) is 5.20. The fourth-order valence-corrected chi connectivity index (χ4v) is 3.30. The molecule has 1 aromatic carbocycles. The molecule has 0 saturated heterocycles. The van der Waals surface area contributed by atoms with Gasteiger partial charge in [0.2, 0.25) is 5.91 Å². The topological polar surface area (TPSA) is 81.1 Å². The standard InChI is InChI=1S/C25H37N5O2/c1-4-30(13-12-29(2)3)25(32)19-27-18-24-15-22(10-11-28-24)16-26-17-23(20-31)14-21-8-6-5-7-9-21/h5-11,15-16,23,27,31H,4,12-14,17-20H2,1-3H3. The number of hydrogen-bond acceptors (Lipinski definition) is 6. The molecule has 1 amide bonds. The number of nitrogens with one attached hydrogen (secondary N) is 1. The molecule has 0 bridgehead atoms. The lowest BCUT2D eigenvalue weighted by atomic mass is 10.0. The highest BCUT2D eigenvalue weighted by Crippen LogP contribution is 2.09. The smallest absolute Gasteiger partial charge is 0.236 e. The first kappa shape index (κ1) is 25.6. The predicted octanol–water partition coefficient (Wildman–Crippen LogP) is 1.85. The van der Waals surface area contributed by atoms with Crippen LogP contribution in [0.3, 0.4) is 0 Å². The number of carbonyl (C=O) groups excluding carboxylic acids is 1. The molecule has 0 aliphatic heterocycles. The lowest BCUT2D eigenvalue weighted by Crippen LogP contribution is -2.41. The van der Waals surface area contributed by atoms with Crippen LogP contribution < -0.4 is 5.32 Å². The molecular weight excluding hydrogens is 402 g/mol. The second kappa shape index (κ2) is 14.5. The van der Waals surface area contributed by atoms with Crippen LogP contribution in [0.15, 0.2) is 53.7 Å². The van der Waals surface area contributed by atoms with E-state index in [9.17, 15) is 9.90 Å². The zero-order valence-corrected chi connectivity index (χ0v) is 19.6. The van der Waals surface area contributed by atoms with E-state index in [0.717, 1.165) is 30.8 Å². The van der Waals surface area contributed by atoms with Gasteiger partial charge in [-0.25, -0.2) is 0 Å². The van der Waals surface area contributed by atoms with Crippen LogP contribution >= 0.6 is 0 Å². The number of amides is 1. The summed E-state index contributed by atoms with van der Waals surface area (Å²) in [6, 6.07) is 14.0. The van der Waals surface area contributed by atoms with Crippen molar-refractivity contribution in [3.63, 3.8) is 0 Å². The number of likely N-dealkylation sites (N-methyl/N-ethyl adjacent to an activating group) is 2. The van der Waals surface area contributed by atoms with Crippen molar-refractivity contribution in [3.05, 3.63) is 65.5 Å². The Bertz CT molecular complexity index is 826. The Kier molecular flexibility index (Phi) is 11.6. The average Bonchev–Trinajstić information content (AvgIpc) is 2.79. The van der Waals surface area contributed by atoms with Crippen LogP contribution in [0.25, 0.3) is 0 Å². The summed E-state index contributed by atoms with van der Waals surface area (Å²) in [5.74, 6) is 0.192. The van der Waals surface area contributed by atoms with Crippen LogP contribution in [0.2, 0.25) is 0 Å². The zero-order chi connectivity index (χ0) is 23.2. The van der Waals surface area contributed by atoms with E-state index in [4.69, 9.17) is 0 Å². The number of aliphatic imine (C=N–C) groups is 1. The van der Waals surface area contributed by atoms with Crippen LogP contribution in [-0.2, 0) is 17.8 Å². The predicted molar refractivity (Wildman–Crippen MR) is 130 cm³/mol. The van der Waals surface area contributed by atoms with Crippen molar-refractivity contribution in [1.82, 2.24) is 20.1 Å². The van der Waals surface area contributed by atoms with Crippen molar-refractivity contribution in [2.24, 2.45) is 10.9 Å². The summed E-state index contributed by atoms with van der Waals surface area (Å²) in [5, 5.41) is 12.9. The van der Waals surface area contributed by atoms with Crippen LogP contribution in [0.1, 0.15) is 23.7 Å². The molecule has 0 fully saturated rings. The minimum Gasteiger partial charge on any atom is -0.396 e. The summed E-state index contributed by atoms with van der Waals surface area (Å²) in [4.78, 5) is 25.2. The Morgan fingerprint density at radius 2 is 2.00 bits per heavy atom. The van der Waals surface area contributed by atoms with Gasteiger partial charge in [0.1, 0.15) is 0 Å². The van der Waals surface area contributed by atoms with Crippen molar-refractivity contribution in [3.8, 4) is 0 Å². The number of hydrogen-bond donors (Lipinski definition) is 2. The van der Waals surface area contributed by atoms with Gasteiger partial charge in [0.15, 0.2) is 0 Å². The molecule has 1 atom stereocenters. The highest BCUT2D eigenvalue weighted by molar-refractivity contribution is 5.79. The van der Waals surface area contributed by atoms with Gasteiger partial charge in [-0.3, -0.25) is 14.8 Å². The Hall–Kier alpha value is -2.61. The minimum atomic E-state index is 0.0941. The molecule has 2 N–H and O–H groups in total. The maximum absolute atomic E-state index is 12.4. The number of nitrogens with zero attached hydrogens (tertiary/aromatic N) is 4. The van der Waals surface area contributed by atoms with Gasteiger partial charge in [-0.2, -0.15) is 0 Å². The van der Waals surface area contributed by atoms with E-state index in [2.05, 4.69) is 32.3 Å². The van der Waals surface area contributed by atoms with Crippen LogP contribution in [-0.4, -0.2) is 85.4 Å². The lowest BCUT2D eigenvalue weighted by molar-refractivity contribution is -0.130. The molecule has 0 radical (unpaired) electrons. The number of aliphatic hydroxyl groups excluding tert-OH is 1. The van der Waals surface area contributed by atoms with Crippen molar-refractivity contribution in [1.29, 1.82) is 0 Å². The molecule has 2 aromatic rings. The van der Waals surface area contributed by atoms with Crippen molar-refractivity contribution in [2.75, 3.05) is 53.4 Å². The van der Waals surface area contributed by atoms with Gasteiger partial charge in [0, 0.05) is 57.7 Å². The Labute approximate surface area is 192 Å². The first-order chi connectivity index (χ1) is 15.5. The number of benzene rings is 1. The number of rotatable bonds is 14. The fourth-order valence-electron chi connectivity index (χ4n) is 3.30. The third kappa shape index (κ3) is 9.68. The molecule has 1 unspecified atom stereocenters. The Balaban J connectivity index is 1.80. The summed E-state index contributed by atoms with van der Waals surface area (Å²) in [7, 11) is 4.01. The first-order valence-electron chi connectivity index (χ1n) is 11.2. The lowest BCUT2D eigenvalue weighted by Gasteiger charge is -2.23. The Morgan fingerprint density at radius 1 is 1.22 bits per heavy atom. The van der Waals surface area contributed by atoms with E-state index in [-0.39, 0.29) is 18.4 Å². The molecule has 32 heavy (non-hydrogen) atoms. The normalized spacial score (nSPS) is 12.4. The van der Waals surface area contributed by atoms with Gasteiger partial charge in [-0.05, 0) is 50.7 Å². The van der Waals surface area contributed by atoms with E-state index < -0.39 is 0 Å². The number of aliphatic hydroxyl groups is 1. The summed E-state index contributed by atoms with van der Waals surface area (Å²) in [6.45, 7) is 5.77. The number of pyridine rings is 1. The second-order valence-corrected chi connectivity index (χ2v) is 8.19. The van der Waals surface area contributed by atoms with E-state index in [1.165, 1.54) is 5.56 Å². The average molecular weight is 440 g/mol. The monoisotopic (exact) mass is 439 g/mol. The largest absolute Gasteiger partial charge is 0.396 e. The van der Waals surface area contributed by atoms with Crippen LogP contribution in [0.4, 0.5) is 0 Å². The summed E-state index contributed by atoms with van der Waals surface area (Å²) < 4.78 is 0. The van der Waals surface area contributed by atoms with E-state index in [1.807, 2.05) is 62.5 Å². The van der Waals surface area contributed by atoms with Gasteiger partial charge in [-0.15, -0.1) is 0 Å². The summed E-state index contributed by atoms with van der Waals surface area (Å²) in [6.07, 6.45) is 4.38. The molecule has 0 saturated carbocycles. The fraction of sp³-hybridized carbons (Fsp3) is 0.480. The molecule has 0 aliphatic rings. The number of carbonyl (C=O) groups is 1. The van der Waals surface area contributed by atoms with Gasteiger partial charge < -0.3 is 20.2 Å². The molecule has 174 valence electrons. The van der Waals surface area contributed by atoms with Crippen molar-refractivity contribution in [2.45, 2.75) is 19.9 Å². The van der Waals surface area contributed by atoms with E-state index in [1.54, 1.807) is 6.20 Å². The summed E-state index contributed by atoms with van der Waals surface area (Å²) >= 11 is 0. The van der Waals surface area contributed by atoms with E-state index in [0.29, 0.717) is 26.2 Å². The van der Waals surface area contributed by atoms with Gasteiger partial charge in [-0.1, -0.05) is 30.3 Å². The number of aromatic nitrogens is 1. The zero-order valence-electron chi connectivity index (χ0n) is 19.6. The molecule has 0 aliphatic carbocycles. The van der Waals surface area contributed by atoms with Crippen LogP contribution in [0, 0.1) is 5.92 Å².